The Hall–Kier alpha value is -2.09. The first-order valence-electron chi connectivity index (χ1n) is 7.01. The Bertz CT molecular complexity index is 617. The molecule has 1 aromatic rings. The van der Waals surface area contributed by atoms with Crippen molar-refractivity contribution < 1.29 is 9.90 Å². The number of hydrogen-bond acceptors (Lipinski definition) is 2. The van der Waals surface area contributed by atoms with Gasteiger partial charge in [-0.25, -0.2) is 0 Å². The molecular formula is C18H18O2. The Kier molecular flexibility index (Phi) is 3.31. The van der Waals surface area contributed by atoms with Gasteiger partial charge in [0.2, 0.25) is 0 Å². The third-order valence-electron chi connectivity index (χ3n) is 4.23. The molecule has 2 aliphatic rings. The van der Waals surface area contributed by atoms with Crippen molar-refractivity contribution in [3.05, 3.63) is 65.3 Å². The predicted molar refractivity (Wildman–Crippen MR) is 79.6 cm³/mol. The molecular weight excluding hydrogens is 248 g/mol. The zero-order valence-electron chi connectivity index (χ0n) is 11.5. The van der Waals surface area contributed by atoms with Gasteiger partial charge in [0, 0.05) is 11.8 Å². The second kappa shape index (κ2) is 5.12. The van der Waals surface area contributed by atoms with E-state index in [0.717, 1.165) is 18.4 Å². The molecule has 0 amide bonds. The highest BCUT2D eigenvalue weighted by Gasteiger charge is 2.32. The van der Waals surface area contributed by atoms with Crippen molar-refractivity contribution in [1.29, 1.82) is 0 Å². The lowest BCUT2D eigenvalue weighted by atomic mass is 9.85. The summed E-state index contributed by atoms with van der Waals surface area (Å²) in [7, 11) is 0. The number of phenols is 1. The number of Topliss-reactive ketones (excluding diaryl/α,β-unsaturated/α-hetero) is 1. The normalized spacial score (nSPS) is 24.6. The van der Waals surface area contributed by atoms with Crippen molar-refractivity contribution in [2.24, 2.45) is 5.92 Å². The van der Waals surface area contributed by atoms with Crippen LogP contribution in [0.4, 0.5) is 0 Å². The van der Waals surface area contributed by atoms with E-state index < -0.39 is 0 Å². The predicted octanol–water partition coefficient (Wildman–Crippen LogP) is 3.90. The van der Waals surface area contributed by atoms with Crippen LogP contribution in [0.25, 0.3) is 0 Å². The van der Waals surface area contributed by atoms with E-state index in [1.165, 1.54) is 11.1 Å². The van der Waals surface area contributed by atoms with E-state index in [-0.39, 0.29) is 23.4 Å². The Morgan fingerprint density at radius 1 is 1.20 bits per heavy atom. The fourth-order valence-electron chi connectivity index (χ4n) is 3.14. The third-order valence-corrected chi connectivity index (χ3v) is 4.23. The Balaban J connectivity index is 1.88. The quantitative estimate of drug-likeness (QED) is 0.901. The van der Waals surface area contributed by atoms with Crippen LogP contribution in [0.2, 0.25) is 0 Å². The molecule has 20 heavy (non-hydrogen) atoms. The highest BCUT2D eigenvalue weighted by Crippen LogP contribution is 2.43. The molecule has 0 aromatic heterocycles. The summed E-state index contributed by atoms with van der Waals surface area (Å²) in [5, 5.41) is 9.40. The molecule has 1 aromatic carbocycles. The number of ketones is 1. The van der Waals surface area contributed by atoms with E-state index in [4.69, 9.17) is 0 Å². The lowest BCUT2D eigenvalue weighted by Crippen LogP contribution is -2.14. The Morgan fingerprint density at radius 3 is 2.55 bits per heavy atom. The van der Waals surface area contributed by atoms with Gasteiger partial charge < -0.3 is 5.11 Å². The van der Waals surface area contributed by atoms with E-state index in [9.17, 15) is 9.90 Å². The summed E-state index contributed by atoms with van der Waals surface area (Å²) in [6.07, 6.45) is 10.4. The van der Waals surface area contributed by atoms with Crippen molar-refractivity contribution in [2.75, 3.05) is 0 Å². The van der Waals surface area contributed by atoms with Gasteiger partial charge >= 0.3 is 0 Å². The van der Waals surface area contributed by atoms with Crippen LogP contribution in [0.3, 0.4) is 0 Å². The van der Waals surface area contributed by atoms with Gasteiger partial charge in [0.1, 0.15) is 11.5 Å². The minimum absolute atomic E-state index is 0.0453. The second-order valence-corrected chi connectivity index (χ2v) is 5.55. The summed E-state index contributed by atoms with van der Waals surface area (Å²) in [6.45, 7) is 1.67. The molecule has 0 aliphatic heterocycles. The molecule has 0 saturated carbocycles. The fraction of sp³-hybridized carbons (Fsp3) is 0.278. The highest BCUT2D eigenvalue weighted by molar-refractivity contribution is 5.82. The van der Waals surface area contributed by atoms with Gasteiger partial charge in [-0.3, -0.25) is 4.79 Å². The minimum Gasteiger partial charge on any atom is -0.508 e. The number of rotatable bonds is 3. The van der Waals surface area contributed by atoms with E-state index in [1.54, 1.807) is 19.1 Å². The van der Waals surface area contributed by atoms with Crippen LogP contribution in [-0.2, 0) is 4.79 Å². The van der Waals surface area contributed by atoms with Gasteiger partial charge in [-0.05, 0) is 48.6 Å². The van der Waals surface area contributed by atoms with Gasteiger partial charge in [0.15, 0.2) is 0 Å². The number of aromatic hydroxyl groups is 1. The SMILES string of the molecule is CC(=O)C1C=C(C2=CC=CC2)CC1c1ccc(O)cc1. The zero-order chi connectivity index (χ0) is 14.1. The van der Waals surface area contributed by atoms with Crippen LogP contribution in [0.15, 0.2) is 59.7 Å². The summed E-state index contributed by atoms with van der Waals surface area (Å²) in [5.41, 5.74) is 3.76. The van der Waals surface area contributed by atoms with Crippen LogP contribution in [0.1, 0.15) is 31.2 Å². The molecule has 2 nitrogen and oxygen atoms in total. The van der Waals surface area contributed by atoms with Gasteiger partial charge in [0.05, 0.1) is 0 Å². The highest BCUT2D eigenvalue weighted by atomic mass is 16.3. The average Bonchev–Trinajstić information content (AvgIpc) is 3.08. The lowest BCUT2D eigenvalue weighted by molar-refractivity contribution is -0.119. The summed E-state index contributed by atoms with van der Waals surface area (Å²) < 4.78 is 0. The summed E-state index contributed by atoms with van der Waals surface area (Å²) in [5.74, 6) is 0.632. The van der Waals surface area contributed by atoms with E-state index in [1.807, 2.05) is 12.1 Å². The first-order valence-corrected chi connectivity index (χ1v) is 7.01. The van der Waals surface area contributed by atoms with E-state index in [0.29, 0.717) is 0 Å². The van der Waals surface area contributed by atoms with E-state index >= 15 is 0 Å². The second-order valence-electron chi connectivity index (χ2n) is 5.55. The minimum atomic E-state index is -0.0453. The zero-order valence-corrected chi connectivity index (χ0v) is 11.5. The molecule has 0 fully saturated rings. The van der Waals surface area contributed by atoms with Gasteiger partial charge in [-0.1, -0.05) is 36.4 Å². The largest absolute Gasteiger partial charge is 0.508 e. The molecule has 1 N–H and O–H groups in total. The number of hydrogen-bond donors (Lipinski definition) is 1. The topological polar surface area (TPSA) is 37.3 Å². The lowest BCUT2D eigenvalue weighted by Gasteiger charge is -2.17. The van der Waals surface area contributed by atoms with Crippen molar-refractivity contribution in [3.63, 3.8) is 0 Å². The molecule has 2 atom stereocenters. The average molecular weight is 266 g/mol. The number of allylic oxidation sites excluding steroid dienone is 6. The fourth-order valence-corrected chi connectivity index (χ4v) is 3.14. The van der Waals surface area contributed by atoms with Crippen LogP contribution in [0, 0.1) is 5.92 Å². The van der Waals surface area contributed by atoms with Crippen LogP contribution >= 0.6 is 0 Å². The van der Waals surface area contributed by atoms with Crippen molar-refractivity contribution >= 4 is 5.78 Å². The molecule has 3 rings (SSSR count). The van der Waals surface area contributed by atoms with Crippen LogP contribution in [-0.4, -0.2) is 10.9 Å². The third kappa shape index (κ3) is 2.34. The first-order chi connectivity index (χ1) is 9.65. The van der Waals surface area contributed by atoms with Gasteiger partial charge in [-0.2, -0.15) is 0 Å². The van der Waals surface area contributed by atoms with Crippen molar-refractivity contribution in [2.45, 2.75) is 25.7 Å². The van der Waals surface area contributed by atoms with Gasteiger partial charge in [0.25, 0.3) is 0 Å². The van der Waals surface area contributed by atoms with E-state index in [2.05, 4.69) is 24.3 Å². The molecule has 102 valence electrons. The maximum Gasteiger partial charge on any atom is 0.137 e. The molecule has 2 unspecified atom stereocenters. The summed E-state index contributed by atoms with van der Waals surface area (Å²) in [6, 6.07) is 7.24. The molecule has 2 aliphatic carbocycles. The molecule has 2 heteroatoms. The molecule has 0 radical (unpaired) electrons. The molecule has 0 heterocycles. The Morgan fingerprint density at radius 2 is 1.95 bits per heavy atom. The monoisotopic (exact) mass is 266 g/mol. The maximum atomic E-state index is 11.9. The number of carbonyl (C=O) groups is 1. The number of benzene rings is 1. The van der Waals surface area contributed by atoms with Crippen molar-refractivity contribution in [3.8, 4) is 5.75 Å². The molecule has 0 bridgehead atoms. The first kappa shape index (κ1) is 12.9. The molecule has 0 saturated heterocycles. The van der Waals surface area contributed by atoms with Gasteiger partial charge in [-0.15, -0.1) is 0 Å². The summed E-state index contributed by atoms with van der Waals surface area (Å²) >= 11 is 0. The summed E-state index contributed by atoms with van der Waals surface area (Å²) in [4.78, 5) is 11.9. The molecule has 0 spiro atoms. The standard InChI is InChI=1S/C18H18O2/c1-12(19)17-10-15(13-4-2-3-5-13)11-18(17)14-6-8-16(20)9-7-14/h2-4,6-10,17-18,20H,5,11H2,1H3. The smallest absolute Gasteiger partial charge is 0.137 e. The van der Waals surface area contributed by atoms with Crippen LogP contribution in [0.5, 0.6) is 5.75 Å². The Labute approximate surface area is 119 Å². The van der Waals surface area contributed by atoms with Crippen molar-refractivity contribution in [1.82, 2.24) is 0 Å². The maximum absolute atomic E-state index is 11.9. The number of phenolic OH excluding ortho intramolecular Hbond substituents is 1. The number of carbonyl (C=O) groups excluding carboxylic acids is 1. The van der Waals surface area contributed by atoms with Crippen LogP contribution < -0.4 is 0 Å².